The summed E-state index contributed by atoms with van der Waals surface area (Å²) in [5.74, 6) is 2.52. The van der Waals surface area contributed by atoms with E-state index in [0.29, 0.717) is 4.99 Å². The fourth-order valence-corrected chi connectivity index (χ4v) is 2.16. The van der Waals surface area contributed by atoms with E-state index >= 15 is 0 Å². The first-order valence-electron chi connectivity index (χ1n) is 3.87. The Morgan fingerprint density at radius 1 is 1.45 bits per heavy atom. The van der Waals surface area contributed by atoms with Crippen LogP contribution < -0.4 is 5.73 Å². The topological polar surface area (TPSA) is 29.3 Å². The van der Waals surface area contributed by atoms with Gasteiger partial charge in [0.1, 0.15) is 0 Å². The summed E-state index contributed by atoms with van der Waals surface area (Å²) >= 11 is 6.84. The monoisotopic (exact) mass is 190 g/mol. The molecule has 1 saturated heterocycles. The first-order chi connectivity index (χ1) is 5.29. The van der Waals surface area contributed by atoms with Gasteiger partial charge in [0.2, 0.25) is 0 Å². The third-order valence-corrected chi connectivity index (χ3v) is 2.92. The quantitative estimate of drug-likeness (QED) is 0.664. The van der Waals surface area contributed by atoms with Crippen molar-refractivity contribution in [1.82, 2.24) is 4.90 Å². The van der Waals surface area contributed by atoms with Crippen molar-refractivity contribution in [3.63, 3.8) is 0 Å². The van der Waals surface area contributed by atoms with Gasteiger partial charge in [0.25, 0.3) is 0 Å². The summed E-state index contributed by atoms with van der Waals surface area (Å²) in [7, 11) is 0. The van der Waals surface area contributed by atoms with Gasteiger partial charge in [-0.3, -0.25) is 0 Å². The SMILES string of the molecule is NC(=S)CCN1CCSCC1. The molecule has 11 heavy (non-hydrogen) atoms. The van der Waals surface area contributed by atoms with Gasteiger partial charge in [0.15, 0.2) is 0 Å². The summed E-state index contributed by atoms with van der Waals surface area (Å²) in [6.07, 6.45) is 0.875. The van der Waals surface area contributed by atoms with Gasteiger partial charge < -0.3 is 10.6 Å². The molecule has 1 heterocycles. The fraction of sp³-hybridized carbons (Fsp3) is 0.857. The number of rotatable bonds is 3. The number of hydrogen-bond donors (Lipinski definition) is 1. The van der Waals surface area contributed by atoms with Crippen LogP contribution in [-0.4, -0.2) is 41.0 Å². The van der Waals surface area contributed by atoms with E-state index in [4.69, 9.17) is 18.0 Å². The molecule has 2 nitrogen and oxygen atoms in total. The molecular formula is C7H14N2S2. The largest absolute Gasteiger partial charge is 0.393 e. The lowest BCUT2D eigenvalue weighted by molar-refractivity contribution is 0.312. The smallest absolute Gasteiger partial charge is 0.0740 e. The minimum absolute atomic E-state index is 0.642. The molecule has 0 aromatic rings. The second-order valence-electron chi connectivity index (χ2n) is 2.67. The van der Waals surface area contributed by atoms with Crippen LogP contribution in [0.1, 0.15) is 6.42 Å². The Balaban J connectivity index is 2.09. The first kappa shape index (κ1) is 9.29. The maximum Gasteiger partial charge on any atom is 0.0740 e. The van der Waals surface area contributed by atoms with Crippen LogP contribution in [0.3, 0.4) is 0 Å². The molecule has 1 rings (SSSR count). The second kappa shape index (κ2) is 4.95. The number of thiocarbonyl (C=S) groups is 1. The number of nitrogens with zero attached hydrogens (tertiary/aromatic N) is 1. The molecule has 64 valence electrons. The Morgan fingerprint density at radius 3 is 2.64 bits per heavy atom. The molecule has 0 unspecified atom stereocenters. The molecular weight excluding hydrogens is 176 g/mol. The van der Waals surface area contributed by atoms with Crippen molar-refractivity contribution in [2.24, 2.45) is 5.73 Å². The van der Waals surface area contributed by atoms with E-state index in [-0.39, 0.29) is 0 Å². The van der Waals surface area contributed by atoms with Crippen molar-refractivity contribution < 1.29 is 0 Å². The number of thioether (sulfide) groups is 1. The molecule has 0 bridgehead atoms. The van der Waals surface area contributed by atoms with Crippen molar-refractivity contribution in [1.29, 1.82) is 0 Å². The summed E-state index contributed by atoms with van der Waals surface area (Å²) in [4.78, 5) is 3.07. The van der Waals surface area contributed by atoms with Crippen molar-refractivity contribution in [3.8, 4) is 0 Å². The van der Waals surface area contributed by atoms with E-state index in [1.807, 2.05) is 11.8 Å². The molecule has 0 aromatic carbocycles. The third-order valence-electron chi connectivity index (χ3n) is 1.78. The van der Waals surface area contributed by atoms with Crippen LogP contribution in [0.15, 0.2) is 0 Å². The fourth-order valence-electron chi connectivity index (χ4n) is 1.09. The molecule has 1 aliphatic heterocycles. The van der Waals surface area contributed by atoms with Crippen LogP contribution in [0.25, 0.3) is 0 Å². The van der Waals surface area contributed by atoms with E-state index in [2.05, 4.69) is 4.90 Å². The van der Waals surface area contributed by atoms with E-state index in [9.17, 15) is 0 Å². The molecule has 0 saturated carbocycles. The predicted octanol–water partition coefficient (Wildman–Crippen LogP) is 0.711. The highest BCUT2D eigenvalue weighted by molar-refractivity contribution is 7.99. The van der Waals surface area contributed by atoms with Gasteiger partial charge in [-0.05, 0) is 0 Å². The summed E-state index contributed by atoms with van der Waals surface area (Å²) < 4.78 is 0. The van der Waals surface area contributed by atoms with E-state index < -0.39 is 0 Å². The number of nitrogens with two attached hydrogens (primary N) is 1. The summed E-state index contributed by atoms with van der Waals surface area (Å²) in [5.41, 5.74) is 5.41. The molecule has 0 spiro atoms. The van der Waals surface area contributed by atoms with Gasteiger partial charge in [-0.25, -0.2) is 0 Å². The van der Waals surface area contributed by atoms with E-state index in [1.54, 1.807) is 0 Å². The lowest BCUT2D eigenvalue weighted by Gasteiger charge is -2.25. The molecule has 2 N–H and O–H groups in total. The maximum atomic E-state index is 5.41. The second-order valence-corrected chi connectivity index (χ2v) is 4.42. The molecule has 0 radical (unpaired) electrons. The molecule has 1 fully saturated rings. The normalized spacial score (nSPS) is 20.0. The van der Waals surface area contributed by atoms with Gasteiger partial charge in [0.05, 0.1) is 4.99 Å². The first-order valence-corrected chi connectivity index (χ1v) is 5.44. The Morgan fingerprint density at radius 2 is 2.09 bits per heavy atom. The summed E-state index contributed by atoms with van der Waals surface area (Å²) in [6.45, 7) is 3.45. The standard InChI is InChI=1S/C7H14N2S2/c8-7(10)1-2-9-3-5-11-6-4-9/h1-6H2,(H2,8,10). The van der Waals surface area contributed by atoms with Crippen LogP contribution in [0.2, 0.25) is 0 Å². The molecule has 0 amide bonds. The Kier molecular flexibility index (Phi) is 4.18. The summed E-state index contributed by atoms with van der Waals surface area (Å²) in [6, 6.07) is 0. The van der Waals surface area contributed by atoms with Crippen molar-refractivity contribution in [2.75, 3.05) is 31.1 Å². The van der Waals surface area contributed by atoms with E-state index in [1.165, 1.54) is 24.6 Å². The van der Waals surface area contributed by atoms with Crippen LogP contribution in [-0.2, 0) is 0 Å². The average Bonchev–Trinajstić information content (AvgIpc) is 2.03. The molecule has 0 aliphatic carbocycles. The zero-order valence-corrected chi connectivity index (χ0v) is 8.22. The minimum atomic E-state index is 0.642. The van der Waals surface area contributed by atoms with E-state index in [0.717, 1.165) is 13.0 Å². The van der Waals surface area contributed by atoms with Gasteiger partial charge in [0, 0.05) is 37.6 Å². The highest BCUT2D eigenvalue weighted by Crippen LogP contribution is 2.08. The Bertz CT molecular complexity index is 132. The highest BCUT2D eigenvalue weighted by Gasteiger charge is 2.09. The lowest BCUT2D eigenvalue weighted by Crippen LogP contribution is -2.34. The van der Waals surface area contributed by atoms with Crippen LogP contribution in [0, 0.1) is 0 Å². The van der Waals surface area contributed by atoms with Crippen LogP contribution >= 0.6 is 24.0 Å². The number of hydrogen-bond acceptors (Lipinski definition) is 3. The predicted molar refractivity (Wildman–Crippen MR) is 55.2 cm³/mol. The molecule has 0 atom stereocenters. The summed E-state index contributed by atoms with van der Waals surface area (Å²) in [5, 5.41) is 0. The van der Waals surface area contributed by atoms with Crippen LogP contribution in [0.5, 0.6) is 0 Å². The Hall–Kier alpha value is 0.200. The van der Waals surface area contributed by atoms with Gasteiger partial charge in [-0.1, -0.05) is 12.2 Å². The highest BCUT2D eigenvalue weighted by atomic mass is 32.2. The van der Waals surface area contributed by atoms with Crippen molar-refractivity contribution in [3.05, 3.63) is 0 Å². The van der Waals surface area contributed by atoms with Crippen LogP contribution in [0.4, 0.5) is 0 Å². The van der Waals surface area contributed by atoms with Gasteiger partial charge in [-0.2, -0.15) is 11.8 Å². The Labute approximate surface area is 77.5 Å². The van der Waals surface area contributed by atoms with Gasteiger partial charge in [-0.15, -0.1) is 0 Å². The molecule has 1 aliphatic rings. The molecule has 4 heteroatoms. The lowest BCUT2D eigenvalue weighted by atomic mass is 10.4. The van der Waals surface area contributed by atoms with Crippen molar-refractivity contribution in [2.45, 2.75) is 6.42 Å². The average molecular weight is 190 g/mol. The zero-order chi connectivity index (χ0) is 8.10. The van der Waals surface area contributed by atoms with Crippen molar-refractivity contribution >= 4 is 29.0 Å². The zero-order valence-electron chi connectivity index (χ0n) is 6.58. The maximum absolute atomic E-state index is 5.41. The molecule has 0 aromatic heterocycles. The minimum Gasteiger partial charge on any atom is -0.393 e. The third kappa shape index (κ3) is 3.94. The van der Waals surface area contributed by atoms with Gasteiger partial charge >= 0.3 is 0 Å².